The fourth-order valence-electron chi connectivity index (χ4n) is 3.45. The maximum absolute atomic E-state index is 11.1. The molecule has 106 valence electrons. The normalized spacial score (nSPS) is 33.4. The molecule has 1 saturated heterocycles. The van der Waals surface area contributed by atoms with Crippen LogP contribution in [-0.4, -0.2) is 28.1 Å². The second-order valence-corrected chi connectivity index (χ2v) is 7.07. The lowest BCUT2D eigenvalue weighted by Gasteiger charge is -2.52. The molecule has 1 heterocycles. The molecule has 0 bridgehead atoms. The average Bonchev–Trinajstić information content (AvgIpc) is 2.33. The van der Waals surface area contributed by atoms with Crippen molar-refractivity contribution in [2.45, 2.75) is 58.2 Å². The van der Waals surface area contributed by atoms with Crippen LogP contribution in [0.1, 0.15) is 46.6 Å². The van der Waals surface area contributed by atoms with Gasteiger partial charge in [0.1, 0.15) is 0 Å². The number of aliphatic hydroxyl groups is 1. The summed E-state index contributed by atoms with van der Waals surface area (Å²) in [5.74, 6) is 0.241. The van der Waals surface area contributed by atoms with Gasteiger partial charge in [-0.25, -0.2) is 0 Å². The highest BCUT2D eigenvalue weighted by Gasteiger charge is 2.45. The smallest absolute Gasteiger partial charge is 0.0948 e. The topological polar surface area (TPSA) is 23.5 Å². The zero-order valence-electron chi connectivity index (χ0n) is 12.9. The van der Waals surface area contributed by atoms with E-state index >= 15 is 0 Å². The SMILES string of the molecule is C[C@@H]1CN(C(C)(C)C)[C@@H](C)CC1(O)c1ccccc1. The molecule has 1 aromatic carbocycles. The first-order valence-corrected chi connectivity index (χ1v) is 7.30. The van der Waals surface area contributed by atoms with E-state index in [4.69, 9.17) is 0 Å². The van der Waals surface area contributed by atoms with Crippen molar-refractivity contribution >= 4 is 0 Å². The molecule has 1 aromatic rings. The van der Waals surface area contributed by atoms with E-state index in [2.05, 4.69) is 51.7 Å². The number of benzene rings is 1. The minimum atomic E-state index is -0.692. The third-order valence-corrected chi connectivity index (χ3v) is 4.56. The number of piperidine rings is 1. The summed E-state index contributed by atoms with van der Waals surface area (Å²) in [6.07, 6.45) is 0.801. The van der Waals surface area contributed by atoms with Crippen LogP contribution >= 0.6 is 0 Å². The molecule has 0 saturated carbocycles. The molecule has 2 rings (SSSR count). The molecule has 19 heavy (non-hydrogen) atoms. The van der Waals surface area contributed by atoms with Gasteiger partial charge in [-0.1, -0.05) is 37.3 Å². The molecular weight excluding hydrogens is 234 g/mol. The minimum absolute atomic E-state index is 0.158. The second-order valence-electron chi connectivity index (χ2n) is 7.07. The summed E-state index contributed by atoms with van der Waals surface area (Å²) in [5, 5.41) is 11.1. The van der Waals surface area contributed by atoms with Gasteiger partial charge in [0, 0.05) is 24.0 Å². The number of likely N-dealkylation sites (tertiary alicyclic amines) is 1. The largest absolute Gasteiger partial charge is 0.385 e. The summed E-state index contributed by atoms with van der Waals surface area (Å²) in [7, 11) is 0. The van der Waals surface area contributed by atoms with Gasteiger partial charge < -0.3 is 5.11 Å². The average molecular weight is 261 g/mol. The summed E-state index contributed by atoms with van der Waals surface area (Å²) in [6, 6.07) is 10.5. The molecule has 0 aromatic heterocycles. The van der Waals surface area contributed by atoms with Gasteiger partial charge in [0.25, 0.3) is 0 Å². The molecule has 0 spiro atoms. The van der Waals surface area contributed by atoms with E-state index in [1.54, 1.807) is 0 Å². The molecule has 0 aliphatic carbocycles. The fourth-order valence-corrected chi connectivity index (χ4v) is 3.45. The molecule has 1 unspecified atom stereocenters. The zero-order valence-corrected chi connectivity index (χ0v) is 12.9. The van der Waals surface area contributed by atoms with Gasteiger partial charge in [0.2, 0.25) is 0 Å². The van der Waals surface area contributed by atoms with Gasteiger partial charge in [-0.3, -0.25) is 4.90 Å². The summed E-state index contributed by atoms with van der Waals surface area (Å²) in [5.41, 5.74) is 0.525. The molecule has 2 heteroatoms. The van der Waals surface area contributed by atoms with E-state index in [1.165, 1.54) is 0 Å². The highest BCUT2D eigenvalue weighted by atomic mass is 16.3. The van der Waals surface area contributed by atoms with Crippen LogP contribution in [-0.2, 0) is 5.60 Å². The summed E-state index contributed by atoms with van der Waals surface area (Å²) in [4.78, 5) is 2.51. The maximum atomic E-state index is 11.1. The van der Waals surface area contributed by atoms with Crippen LogP contribution in [0.25, 0.3) is 0 Å². The van der Waals surface area contributed by atoms with Gasteiger partial charge in [-0.05, 0) is 39.7 Å². The van der Waals surface area contributed by atoms with Crippen LogP contribution in [0.2, 0.25) is 0 Å². The second kappa shape index (κ2) is 4.92. The summed E-state index contributed by atoms with van der Waals surface area (Å²) in [6.45, 7) is 12.1. The zero-order chi connectivity index (χ0) is 14.3. The van der Waals surface area contributed by atoms with Crippen LogP contribution in [0.5, 0.6) is 0 Å². The van der Waals surface area contributed by atoms with Crippen molar-refractivity contribution in [2.24, 2.45) is 5.92 Å². The van der Waals surface area contributed by atoms with Crippen molar-refractivity contribution < 1.29 is 5.11 Å². The predicted molar refractivity (Wildman–Crippen MR) is 80.0 cm³/mol. The fraction of sp³-hybridized carbons (Fsp3) is 0.647. The van der Waals surface area contributed by atoms with Crippen LogP contribution in [0.15, 0.2) is 30.3 Å². The predicted octanol–water partition coefficient (Wildman–Crippen LogP) is 3.40. The third kappa shape index (κ3) is 2.70. The van der Waals surface area contributed by atoms with Gasteiger partial charge in [-0.15, -0.1) is 0 Å². The highest BCUT2D eigenvalue weighted by molar-refractivity contribution is 5.24. The van der Waals surface area contributed by atoms with Crippen molar-refractivity contribution in [1.82, 2.24) is 4.90 Å². The Labute approximate surface area is 117 Å². The molecule has 1 aliphatic heterocycles. The maximum Gasteiger partial charge on any atom is 0.0948 e. The Morgan fingerprint density at radius 1 is 1.16 bits per heavy atom. The molecule has 1 N–H and O–H groups in total. The van der Waals surface area contributed by atoms with Crippen LogP contribution < -0.4 is 0 Å². The first kappa shape index (κ1) is 14.5. The molecule has 0 amide bonds. The third-order valence-electron chi connectivity index (χ3n) is 4.56. The molecule has 2 nitrogen and oxygen atoms in total. The lowest BCUT2D eigenvalue weighted by atomic mass is 9.73. The lowest BCUT2D eigenvalue weighted by molar-refractivity contribution is -0.111. The van der Waals surface area contributed by atoms with Crippen LogP contribution in [0, 0.1) is 5.92 Å². The Hall–Kier alpha value is -0.860. The Morgan fingerprint density at radius 3 is 2.26 bits per heavy atom. The van der Waals surface area contributed by atoms with E-state index in [9.17, 15) is 5.11 Å². The summed E-state index contributed by atoms with van der Waals surface area (Å²) >= 11 is 0. The van der Waals surface area contributed by atoms with Gasteiger partial charge in [0.15, 0.2) is 0 Å². The van der Waals surface area contributed by atoms with Crippen molar-refractivity contribution in [3.05, 3.63) is 35.9 Å². The van der Waals surface area contributed by atoms with E-state index in [-0.39, 0.29) is 11.5 Å². The van der Waals surface area contributed by atoms with E-state index in [1.807, 2.05) is 18.2 Å². The van der Waals surface area contributed by atoms with Crippen molar-refractivity contribution in [2.75, 3.05) is 6.54 Å². The Kier molecular flexibility index (Phi) is 3.76. The van der Waals surface area contributed by atoms with Crippen LogP contribution in [0.4, 0.5) is 0 Å². The number of nitrogens with zero attached hydrogens (tertiary/aromatic N) is 1. The lowest BCUT2D eigenvalue weighted by Crippen LogP contribution is -2.58. The highest BCUT2D eigenvalue weighted by Crippen LogP contribution is 2.41. The molecule has 1 aliphatic rings. The Bertz CT molecular complexity index is 423. The quantitative estimate of drug-likeness (QED) is 0.837. The first-order valence-electron chi connectivity index (χ1n) is 7.30. The van der Waals surface area contributed by atoms with E-state index < -0.39 is 5.60 Å². The van der Waals surface area contributed by atoms with E-state index in [0.717, 1.165) is 18.5 Å². The van der Waals surface area contributed by atoms with Crippen molar-refractivity contribution in [3.8, 4) is 0 Å². The van der Waals surface area contributed by atoms with E-state index in [0.29, 0.717) is 6.04 Å². The van der Waals surface area contributed by atoms with Crippen molar-refractivity contribution in [3.63, 3.8) is 0 Å². The number of hydrogen-bond donors (Lipinski definition) is 1. The monoisotopic (exact) mass is 261 g/mol. The van der Waals surface area contributed by atoms with Gasteiger partial charge in [0.05, 0.1) is 5.60 Å². The van der Waals surface area contributed by atoms with Crippen LogP contribution in [0.3, 0.4) is 0 Å². The minimum Gasteiger partial charge on any atom is -0.385 e. The summed E-state index contributed by atoms with van der Waals surface area (Å²) < 4.78 is 0. The first-order chi connectivity index (χ1) is 8.75. The number of hydrogen-bond acceptors (Lipinski definition) is 2. The molecule has 1 fully saturated rings. The number of rotatable bonds is 1. The molecule has 3 atom stereocenters. The van der Waals surface area contributed by atoms with Crippen molar-refractivity contribution in [1.29, 1.82) is 0 Å². The Morgan fingerprint density at radius 2 is 1.74 bits per heavy atom. The Balaban J connectivity index is 2.28. The molecular formula is C17H27NO. The standard InChI is InChI=1S/C17H27NO/c1-13-12-18(16(3,4)5)14(2)11-17(13,19)15-9-7-6-8-10-15/h6-10,13-14,19H,11-12H2,1-5H3/t13-,14+,17?/m1/s1. The van der Waals surface area contributed by atoms with Gasteiger partial charge >= 0.3 is 0 Å². The van der Waals surface area contributed by atoms with Gasteiger partial charge in [-0.2, -0.15) is 0 Å². The molecule has 0 radical (unpaired) electrons.